The van der Waals surface area contributed by atoms with Gasteiger partial charge in [-0.3, -0.25) is 9.10 Å². The van der Waals surface area contributed by atoms with Crippen LogP contribution in [0.1, 0.15) is 5.56 Å². The van der Waals surface area contributed by atoms with Crippen LogP contribution in [0.25, 0.3) is 0 Å². The number of benzene rings is 3. The largest absolute Gasteiger partial charge is 0.350 e. The lowest BCUT2D eigenvalue weighted by atomic mass is 10.2. The van der Waals surface area contributed by atoms with E-state index in [0.717, 1.165) is 9.87 Å². The Bertz CT molecular complexity index is 1090. The molecule has 1 N–H and O–H groups in total. The van der Waals surface area contributed by atoms with Crippen molar-refractivity contribution in [3.8, 4) is 0 Å². The molecule has 0 aromatic heterocycles. The minimum atomic E-state index is -3.92. The van der Waals surface area contributed by atoms with Crippen LogP contribution in [0.5, 0.6) is 0 Å². The second-order valence-corrected chi connectivity index (χ2v) is 9.42. The molecule has 0 aliphatic carbocycles. The van der Waals surface area contributed by atoms with Crippen molar-refractivity contribution in [2.24, 2.45) is 0 Å². The van der Waals surface area contributed by atoms with Crippen molar-refractivity contribution >= 4 is 49.1 Å². The minimum absolute atomic E-state index is 0.116. The molecule has 0 bridgehead atoms. The first kappa shape index (κ1) is 21.4. The summed E-state index contributed by atoms with van der Waals surface area (Å²) in [7, 11) is -3.92. The Labute approximate surface area is 183 Å². The molecule has 0 aliphatic heterocycles. The summed E-state index contributed by atoms with van der Waals surface area (Å²) in [5.41, 5.74) is 1.26. The van der Waals surface area contributed by atoms with E-state index in [2.05, 4.69) is 21.2 Å². The van der Waals surface area contributed by atoms with Gasteiger partial charge in [-0.25, -0.2) is 8.42 Å². The molecule has 3 aromatic carbocycles. The third-order valence-electron chi connectivity index (χ3n) is 4.12. The molecular weight excluding hydrogens is 476 g/mol. The fourth-order valence-corrected chi connectivity index (χ4v) is 4.60. The average Bonchev–Trinajstić information content (AvgIpc) is 2.72. The first-order chi connectivity index (χ1) is 13.9. The lowest BCUT2D eigenvalue weighted by Gasteiger charge is -2.24. The van der Waals surface area contributed by atoms with E-state index in [4.69, 9.17) is 11.6 Å². The minimum Gasteiger partial charge on any atom is -0.350 e. The zero-order chi connectivity index (χ0) is 20.9. The van der Waals surface area contributed by atoms with Gasteiger partial charge in [0.1, 0.15) is 6.54 Å². The second kappa shape index (κ2) is 9.43. The molecule has 0 atom stereocenters. The molecule has 0 aliphatic rings. The molecule has 0 heterocycles. The quantitative estimate of drug-likeness (QED) is 0.522. The zero-order valence-corrected chi connectivity index (χ0v) is 18.4. The number of nitrogens with zero attached hydrogens (tertiary/aromatic N) is 1. The van der Waals surface area contributed by atoms with Crippen molar-refractivity contribution in [3.63, 3.8) is 0 Å². The molecule has 0 saturated heterocycles. The summed E-state index contributed by atoms with van der Waals surface area (Å²) >= 11 is 9.22. The van der Waals surface area contributed by atoms with Gasteiger partial charge in [-0.2, -0.15) is 0 Å². The topological polar surface area (TPSA) is 66.5 Å². The fraction of sp³-hybridized carbons (Fsp3) is 0.0952. The van der Waals surface area contributed by atoms with Crippen molar-refractivity contribution in [2.45, 2.75) is 11.4 Å². The summed E-state index contributed by atoms with van der Waals surface area (Å²) < 4.78 is 28.2. The van der Waals surface area contributed by atoms with E-state index in [1.807, 2.05) is 0 Å². The number of hydrogen-bond acceptors (Lipinski definition) is 3. The van der Waals surface area contributed by atoms with E-state index < -0.39 is 15.9 Å². The molecule has 5 nitrogen and oxygen atoms in total. The van der Waals surface area contributed by atoms with Crippen LogP contribution >= 0.6 is 27.5 Å². The average molecular weight is 494 g/mol. The first-order valence-corrected chi connectivity index (χ1v) is 11.3. The Hall–Kier alpha value is -2.35. The van der Waals surface area contributed by atoms with Crippen LogP contribution in [0.2, 0.25) is 5.02 Å². The Morgan fingerprint density at radius 3 is 2.31 bits per heavy atom. The van der Waals surface area contributed by atoms with Gasteiger partial charge >= 0.3 is 0 Å². The van der Waals surface area contributed by atoms with E-state index in [9.17, 15) is 13.2 Å². The number of amides is 1. The number of sulfonamides is 1. The van der Waals surface area contributed by atoms with E-state index in [-0.39, 0.29) is 18.0 Å². The predicted octanol–water partition coefficient (Wildman–Crippen LogP) is 4.61. The lowest BCUT2D eigenvalue weighted by molar-refractivity contribution is -0.119. The molecule has 0 spiro atoms. The SMILES string of the molecule is O=C(CN(c1cccc(Br)c1)S(=O)(=O)c1ccccc1)NCc1ccc(Cl)cc1. The predicted molar refractivity (Wildman–Crippen MR) is 118 cm³/mol. The summed E-state index contributed by atoms with van der Waals surface area (Å²) in [5, 5.41) is 3.36. The molecule has 0 radical (unpaired) electrons. The van der Waals surface area contributed by atoms with Gasteiger partial charge < -0.3 is 5.32 Å². The monoisotopic (exact) mass is 492 g/mol. The maximum absolute atomic E-state index is 13.2. The van der Waals surface area contributed by atoms with Crippen molar-refractivity contribution in [2.75, 3.05) is 10.8 Å². The van der Waals surface area contributed by atoms with Crippen molar-refractivity contribution < 1.29 is 13.2 Å². The van der Waals surface area contributed by atoms with Gasteiger partial charge in [0, 0.05) is 16.0 Å². The second-order valence-electron chi connectivity index (χ2n) is 6.21. The summed E-state index contributed by atoms with van der Waals surface area (Å²) in [6.45, 7) is -0.0744. The van der Waals surface area contributed by atoms with Gasteiger partial charge in [0.05, 0.1) is 10.6 Å². The highest BCUT2D eigenvalue weighted by atomic mass is 79.9. The van der Waals surface area contributed by atoms with E-state index in [1.54, 1.807) is 66.7 Å². The number of hydrogen-bond donors (Lipinski definition) is 1. The number of carbonyl (C=O) groups excluding carboxylic acids is 1. The molecule has 8 heteroatoms. The molecular formula is C21H18BrClN2O3S. The highest BCUT2D eigenvalue weighted by molar-refractivity contribution is 9.10. The van der Waals surface area contributed by atoms with Gasteiger partial charge in [0.2, 0.25) is 5.91 Å². The molecule has 150 valence electrons. The summed E-state index contributed by atoms with van der Waals surface area (Å²) in [6, 6.07) is 21.9. The number of rotatable bonds is 7. The third-order valence-corrected chi connectivity index (χ3v) is 6.65. The van der Waals surface area contributed by atoms with E-state index in [1.165, 1.54) is 12.1 Å². The van der Waals surface area contributed by atoms with Crippen LogP contribution in [-0.4, -0.2) is 20.9 Å². The number of carbonyl (C=O) groups is 1. The van der Waals surface area contributed by atoms with Crippen LogP contribution in [-0.2, 0) is 21.4 Å². The first-order valence-electron chi connectivity index (χ1n) is 8.71. The van der Waals surface area contributed by atoms with Gasteiger partial charge in [-0.05, 0) is 48.0 Å². The summed E-state index contributed by atoms with van der Waals surface area (Å²) in [6.07, 6.45) is 0. The van der Waals surface area contributed by atoms with Crippen molar-refractivity contribution in [3.05, 3.63) is 93.9 Å². The standard InChI is InChI=1S/C21H18BrClN2O3S/c22-17-5-4-6-19(13-17)25(29(27,28)20-7-2-1-3-8-20)15-21(26)24-14-16-9-11-18(23)12-10-16/h1-13H,14-15H2,(H,24,26). The molecule has 3 rings (SSSR count). The maximum Gasteiger partial charge on any atom is 0.264 e. The van der Waals surface area contributed by atoms with Crippen LogP contribution in [0.3, 0.4) is 0 Å². The molecule has 3 aromatic rings. The normalized spacial score (nSPS) is 11.1. The van der Waals surface area contributed by atoms with E-state index in [0.29, 0.717) is 15.2 Å². The lowest BCUT2D eigenvalue weighted by Crippen LogP contribution is -2.40. The summed E-state index contributed by atoms with van der Waals surface area (Å²) in [4.78, 5) is 12.7. The highest BCUT2D eigenvalue weighted by Crippen LogP contribution is 2.26. The van der Waals surface area contributed by atoms with Gasteiger partial charge in [-0.1, -0.05) is 63.9 Å². The van der Waals surface area contributed by atoms with Crippen molar-refractivity contribution in [1.29, 1.82) is 0 Å². The van der Waals surface area contributed by atoms with Crippen LogP contribution in [0.15, 0.2) is 88.2 Å². The van der Waals surface area contributed by atoms with E-state index >= 15 is 0 Å². The number of nitrogens with one attached hydrogen (secondary N) is 1. The number of halogens is 2. The highest BCUT2D eigenvalue weighted by Gasteiger charge is 2.27. The molecule has 0 fully saturated rings. The van der Waals surface area contributed by atoms with Gasteiger partial charge in [0.15, 0.2) is 0 Å². The Morgan fingerprint density at radius 2 is 1.66 bits per heavy atom. The Balaban J connectivity index is 1.83. The molecule has 0 unspecified atom stereocenters. The Kier molecular flexibility index (Phi) is 6.95. The van der Waals surface area contributed by atoms with Gasteiger partial charge in [0.25, 0.3) is 10.0 Å². The molecule has 29 heavy (non-hydrogen) atoms. The fourth-order valence-electron chi connectivity index (χ4n) is 2.66. The third kappa shape index (κ3) is 5.59. The molecule has 0 saturated carbocycles. The van der Waals surface area contributed by atoms with Crippen LogP contribution in [0.4, 0.5) is 5.69 Å². The van der Waals surface area contributed by atoms with Crippen LogP contribution < -0.4 is 9.62 Å². The zero-order valence-electron chi connectivity index (χ0n) is 15.3. The number of anilines is 1. The molecule has 1 amide bonds. The summed E-state index contributed by atoms with van der Waals surface area (Å²) in [5.74, 6) is -0.417. The van der Waals surface area contributed by atoms with Crippen molar-refractivity contribution in [1.82, 2.24) is 5.32 Å². The Morgan fingerprint density at radius 1 is 0.966 bits per heavy atom. The van der Waals surface area contributed by atoms with Crippen LogP contribution in [0, 0.1) is 0 Å². The maximum atomic E-state index is 13.2. The smallest absolute Gasteiger partial charge is 0.264 e. The van der Waals surface area contributed by atoms with Gasteiger partial charge in [-0.15, -0.1) is 0 Å².